The molecule has 1 aliphatic rings. The van der Waals surface area contributed by atoms with Gasteiger partial charge in [0.2, 0.25) is 0 Å². The van der Waals surface area contributed by atoms with E-state index < -0.39 is 0 Å². The van der Waals surface area contributed by atoms with Crippen LogP contribution in [0, 0.1) is 5.41 Å². The summed E-state index contributed by atoms with van der Waals surface area (Å²) in [6, 6.07) is 8.69. The predicted molar refractivity (Wildman–Crippen MR) is 89.1 cm³/mol. The van der Waals surface area contributed by atoms with Gasteiger partial charge in [-0.25, -0.2) is 0 Å². The molecule has 21 heavy (non-hydrogen) atoms. The zero-order valence-electron chi connectivity index (χ0n) is 13.8. The van der Waals surface area contributed by atoms with Crippen molar-refractivity contribution < 1.29 is 4.74 Å². The molecule has 1 aliphatic heterocycles. The molecule has 118 valence electrons. The first-order valence-electron chi connectivity index (χ1n) is 7.79. The molecule has 4 heteroatoms. The third-order valence-corrected chi connectivity index (χ3v) is 4.40. The Morgan fingerprint density at radius 1 is 1.14 bits per heavy atom. The first-order chi connectivity index (χ1) is 9.97. The maximum Gasteiger partial charge on any atom is 0.142 e. The summed E-state index contributed by atoms with van der Waals surface area (Å²) in [4.78, 5) is 4.94. The molecule has 0 spiro atoms. The highest BCUT2D eigenvalue weighted by atomic mass is 16.5. The van der Waals surface area contributed by atoms with Gasteiger partial charge in [-0.2, -0.15) is 0 Å². The van der Waals surface area contributed by atoms with Gasteiger partial charge in [-0.1, -0.05) is 32.9 Å². The predicted octanol–water partition coefficient (Wildman–Crippen LogP) is 2.19. The van der Waals surface area contributed by atoms with Crippen LogP contribution in [0.4, 0.5) is 5.69 Å². The lowest BCUT2D eigenvalue weighted by atomic mass is 9.85. The third-order valence-electron chi connectivity index (χ3n) is 4.40. The highest BCUT2D eigenvalue weighted by Gasteiger charge is 2.31. The second kappa shape index (κ2) is 6.67. The number of hydrogen-bond donors (Lipinski definition) is 1. The number of para-hydroxylation sites is 2. The second-order valence-electron chi connectivity index (χ2n) is 6.81. The fourth-order valence-corrected chi connectivity index (χ4v) is 3.22. The Morgan fingerprint density at radius 2 is 1.76 bits per heavy atom. The fourth-order valence-electron chi connectivity index (χ4n) is 3.22. The molecule has 2 rings (SSSR count). The topological polar surface area (TPSA) is 41.7 Å². The molecular weight excluding hydrogens is 262 g/mol. The van der Waals surface area contributed by atoms with Gasteiger partial charge in [0.05, 0.1) is 12.8 Å². The number of benzene rings is 1. The van der Waals surface area contributed by atoms with Crippen molar-refractivity contribution in [3.63, 3.8) is 0 Å². The molecule has 2 N–H and O–H groups in total. The van der Waals surface area contributed by atoms with Crippen LogP contribution in [-0.4, -0.2) is 50.8 Å². The van der Waals surface area contributed by atoms with Crippen LogP contribution in [0.15, 0.2) is 24.3 Å². The lowest BCUT2D eigenvalue weighted by Crippen LogP contribution is -2.56. The number of ether oxygens (including phenoxy) is 1. The average molecular weight is 291 g/mol. The van der Waals surface area contributed by atoms with Crippen molar-refractivity contribution in [3.05, 3.63) is 24.3 Å². The van der Waals surface area contributed by atoms with E-state index in [-0.39, 0.29) is 5.41 Å². The van der Waals surface area contributed by atoms with Crippen LogP contribution in [0.1, 0.15) is 20.8 Å². The third kappa shape index (κ3) is 3.69. The van der Waals surface area contributed by atoms with E-state index in [1.807, 2.05) is 12.1 Å². The summed E-state index contributed by atoms with van der Waals surface area (Å²) in [5.74, 6) is 0.956. The first-order valence-corrected chi connectivity index (χ1v) is 7.79. The molecular formula is C17H29N3O. The highest BCUT2D eigenvalue weighted by Crippen LogP contribution is 2.30. The molecule has 1 atom stereocenters. The lowest BCUT2D eigenvalue weighted by molar-refractivity contribution is 0.0986. The summed E-state index contributed by atoms with van der Waals surface area (Å²) in [7, 11) is 1.74. The van der Waals surface area contributed by atoms with E-state index in [2.05, 4.69) is 42.7 Å². The van der Waals surface area contributed by atoms with Crippen molar-refractivity contribution in [3.8, 4) is 5.75 Å². The van der Waals surface area contributed by atoms with E-state index in [9.17, 15) is 0 Å². The van der Waals surface area contributed by atoms with Crippen LogP contribution in [0.5, 0.6) is 5.75 Å². The van der Waals surface area contributed by atoms with Gasteiger partial charge in [0.1, 0.15) is 5.75 Å². The minimum Gasteiger partial charge on any atom is -0.495 e. The molecule has 0 radical (unpaired) electrons. The number of methoxy groups -OCH3 is 1. The monoisotopic (exact) mass is 291 g/mol. The van der Waals surface area contributed by atoms with Crippen molar-refractivity contribution in [2.45, 2.75) is 26.8 Å². The molecule has 1 aromatic rings. The summed E-state index contributed by atoms with van der Waals surface area (Å²) in [5.41, 5.74) is 7.42. The smallest absolute Gasteiger partial charge is 0.142 e. The minimum atomic E-state index is 0.224. The van der Waals surface area contributed by atoms with E-state index in [0.29, 0.717) is 6.04 Å². The van der Waals surface area contributed by atoms with Gasteiger partial charge in [0.25, 0.3) is 0 Å². The first kappa shape index (κ1) is 16.1. The number of piperazine rings is 1. The van der Waals surface area contributed by atoms with Gasteiger partial charge in [0.15, 0.2) is 0 Å². The summed E-state index contributed by atoms with van der Waals surface area (Å²) in [6.45, 7) is 11.7. The second-order valence-corrected chi connectivity index (χ2v) is 6.81. The van der Waals surface area contributed by atoms with Crippen molar-refractivity contribution in [2.24, 2.45) is 11.1 Å². The number of anilines is 1. The molecule has 0 aliphatic carbocycles. The Kier molecular flexibility index (Phi) is 5.12. The number of hydrogen-bond acceptors (Lipinski definition) is 4. The van der Waals surface area contributed by atoms with Crippen LogP contribution in [0.3, 0.4) is 0 Å². The van der Waals surface area contributed by atoms with Gasteiger partial charge < -0.3 is 15.4 Å². The zero-order valence-corrected chi connectivity index (χ0v) is 13.8. The van der Waals surface area contributed by atoms with Gasteiger partial charge >= 0.3 is 0 Å². The fraction of sp³-hybridized carbons (Fsp3) is 0.647. The maximum absolute atomic E-state index is 6.01. The lowest BCUT2D eigenvalue weighted by Gasteiger charge is -2.44. The van der Waals surface area contributed by atoms with Crippen molar-refractivity contribution in [1.29, 1.82) is 0 Å². The number of nitrogens with zero attached hydrogens (tertiary/aromatic N) is 2. The van der Waals surface area contributed by atoms with Gasteiger partial charge in [-0.15, -0.1) is 0 Å². The maximum atomic E-state index is 6.01. The Labute approximate surface area is 128 Å². The van der Waals surface area contributed by atoms with Gasteiger partial charge in [-0.3, -0.25) is 4.90 Å². The Morgan fingerprint density at radius 3 is 2.29 bits per heavy atom. The molecule has 1 unspecified atom stereocenters. The Balaban J connectivity index is 2.03. The van der Waals surface area contributed by atoms with E-state index >= 15 is 0 Å². The Hall–Kier alpha value is -1.26. The summed E-state index contributed by atoms with van der Waals surface area (Å²) < 4.78 is 5.47. The average Bonchev–Trinajstić information content (AvgIpc) is 2.47. The molecule has 1 heterocycles. The van der Waals surface area contributed by atoms with Gasteiger partial charge in [0, 0.05) is 38.8 Å². The highest BCUT2D eigenvalue weighted by molar-refractivity contribution is 5.58. The van der Waals surface area contributed by atoms with E-state index in [0.717, 1.165) is 38.5 Å². The normalized spacial score (nSPS) is 18.6. The van der Waals surface area contributed by atoms with Crippen LogP contribution in [-0.2, 0) is 0 Å². The largest absolute Gasteiger partial charge is 0.495 e. The zero-order chi connectivity index (χ0) is 15.5. The molecule has 1 fully saturated rings. The van der Waals surface area contributed by atoms with Crippen LogP contribution >= 0.6 is 0 Å². The van der Waals surface area contributed by atoms with E-state index in [4.69, 9.17) is 10.5 Å². The van der Waals surface area contributed by atoms with E-state index in [1.54, 1.807) is 7.11 Å². The van der Waals surface area contributed by atoms with Crippen LogP contribution in [0.2, 0.25) is 0 Å². The van der Waals surface area contributed by atoms with Crippen molar-refractivity contribution in [2.75, 3.05) is 44.7 Å². The SMILES string of the molecule is COc1ccccc1N1CCN(C(CN)C(C)(C)C)CC1. The van der Waals surface area contributed by atoms with Gasteiger partial charge in [-0.05, 0) is 17.5 Å². The van der Waals surface area contributed by atoms with Crippen molar-refractivity contribution in [1.82, 2.24) is 4.90 Å². The van der Waals surface area contributed by atoms with E-state index in [1.165, 1.54) is 5.69 Å². The molecule has 1 aromatic carbocycles. The molecule has 0 amide bonds. The standard InChI is InChI=1S/C17H29N3O/c1-17(2,3)16(13-18)20-11-9-19(10-12-20)14-7-5-6-8-15(14)21-4/h5-8,16H,9-13,18H2,1-4H3. The number of nitrogens with two attached hydrogens (primary N) is 1. The molecule has 0 saturated carbocycles. The minimum absolute atomic E-state index is 0.224. The quantitative estimate of drug-likeness (QED) is 0.923. The van der Waals surface area contributed by atoms with Crippen LogP contribution < -0.4 is 15.4 Å². The number of rotatable bonds is 4. The summed E-state index contributed by atoms with van der Waals surface area (Å²) in [5, 5.41) is 0. The molecule has 0 aromatic heterocycles. The summed E-state index contributed by atoms with van der Waals surface area (Å²) in [6.07, 6.45) is 0. The van der Waals surface area contributed by atoms with Crippen molar-refractivity contribution >= 4 is 5.69 Å². The molecule has 4 nitrogen and oxygen atoms in total. The summed E-state index contributed by atoms with van der Waals surface area (Å²) >= 11 is 0. The molecule has 1 saturated heterocycles. The Bertz CT molecular complexity index is 448. The van der Waals surface area contributed by atoms with Crippen LogP contribution in [0.25, 0.3) is 0 Å². The molecule has 0 bridgehead atoms.